The Morgan fingerprint density at radius 1 is 1.00 bits per heavy atom. The summed E-state index contributed by atoms with van der Waals surface area (Å²) in [5.41, 5.74) is 2.83. The van der Waals surface area contributed by atoms with Gasteiger partial charge in [-0.2, -0.15) is 0 Å². The van der Waals surface area contributed by atoms with E-state index in [1.165, 1.54) is 30.1 Å². The van der Waals surface area contributed by atoms with Crippen molar-refractivity contribution in [2.24, 2.45) is 0 Å². The third-order valence-electron chi connectivity index (χ3n) is 5.40. The van der Waals surface area contributed by atoms with Gasteiger partial charge >= 0.3 is 0 Å². The Morgan fingerprint density at radius 2 is 1.67 bits per heavy atom. The average Bonchev–Trinajstić information content (AvgIpc) is 3.07. The fourth-order valence-corrected chi connectivity index (χ4v) is 3.72. The molecule has 0 N–H and O–H groups in total. The molecule has 152 valence electrons. The summed E-state index contributed by atoms with van der Waals surface area (Å²) >= 11 is 0. The molecule has 0 aliphatic heterocycles. The molecule has 4 nitrogen and oxygen atoms in total. The highest BCUT2D eigenvalue weighted by Gasteiger charge is 2.24. The minimum absolute atomic E-state index is 0.126. The zero-order valence-electron chi connectivity index (χ0n) is 16.9. The minimum Gasteiger partial charge on any atom is -0.335 e. The van der Waals surface area contributed by atoms with E-state index in [1.807, 2.05) is 47.9 Å². The van der Waals surface area contributed by atoms with Crippen molar-refractivity contribution >= 4 is 16.9 Å². The SMILES string of the molecule is Cc1nc2cc(C(=O)N(C)[C@@H](C)c3c(F)cccc3F)ccc2n1-c1ccccc1. The standard InChI is InChI=1S/C24H21F2N3O/c1-15(23-19(25)10-7-11-20(23)26)28(3)24(30)17-12-13-22-21(14-17)27-16(2)29(22)18-8-5-4-6-9-18/h4-15H,1-3H3/t15-/m0/s1. The van der Waals surface area contributed by atoms with Gasteiger partial charge in [0.2, 0.25) is 0 Å². The van der Waals surface area contributed by atoms with Crippen LogP contribution in [0.4, 0.5) is 8.78 Å². The number of hydrogen-bond donors (Lipinski definition) is 0. The van der Waals surface area contributed by atoms with Crippen molar-refractivity contribution < 1.29 is 13.6 Å². The number of hydrogen-bond acceptors (Lipinski definition) is 2. The number of amides is 1. The van der Waals surface area contributed by atoms with E-state index in [4.69, 9.17) is 0 Å². The first kappa shape index (κ1) is 19.8. The highest BCUT2D eigenvalue weighted by Crippen LogP contribution is 2.27. The second-order valence-electron chi connectivity index (χ2n) is 7.26. The molecule has 0 unspecified atom stereocenters. The van der Waals surface area contributed by atoms with Crippen molar-refractivity contribution in [2.45, 2.75) is 19.9 Å². The van der Waals surface area contributed by atoms with E-state index >= 15 is 0 Å². The molecule has 1 atom stereocenters. The van der Waals surface area contributed by atoms with Gasteiger partial charge in [-0.3, -0.25) is 9.36 Å². The van der Waals surface area contributed by atoms with E-state index in [2.05, 4.69) is 4.98 Å². The van der Waals surface area contributed by atoms with Crippen molar-refractivity contribution in [1.82, 2.24) is 14.5 Å². The second-order valence-corrected chi connectivity index (χ2v) is 7.26. The average molecular weight is 405 g/mol. The molecule has 0 bridgehead atoms. The van der Waals surface area contributed by atoms with Crippen LogP contribution in [0.15, 0.2) is 66.7 Å². The van der Waals surface area contributed by atoms with E-state index in [-0.39, 0.29) is 11.5 Å². The molecule has 0 saturated heterocycles. The van der Waals surface area contributed by atoms with Crippen molar-refractivity contribution in [2.75, 3.05) is 7.05 Å². The lowest BCUT2D eigenvalue weighted by atomic mass is 10.0. The van der Waals surface area contributed by atoms with Crippen LogP contribution in [0.3, 0.4) is 0 Å². The maximum atomic E-state index is 14.2. The number of aromatic nitrogens is 2. The molecule has 1 aromatic heterocycles. The summed E-state index contributed by atoms with van der Waals surface area (Å²) in [5, 5.41) is 0. The number of imidazole rings is 1. The number of rotatable bonds is 4. The second kappa shape index (κ2) is 7.71. The lowest BCUT2D eigenvalue weighted by Gasteiger charge is -2.26. The van der Waals surface area contributed by atoms with Crippen molar-refractivity contribution in [1.29, 1.82) is 0 Å². The number of nitrogens with zero attached hydrogens (tertiary/aromatic N) is 3. The lowest BCUT2D eigenvalue weighted by molar-refractivity contribution is 0.0738. The molecule has 0 aliphatic carbocycles. The molecule has 0 radical (unpaired) electrons. The molecular formula is C24H21F2N3O. The van der Waals surface area contributed by atoms with E-state index in [9.17, 15) is 13.6 Å². The Bertz CT molecular complexity index is 1210. The van der Waals surface area contributed by atoms with E-state index in [0.717, 1.165) is 17.0 Å². The molecule has 1 amide bonds. The first-order valence-corrected chi connectivity index (χ1v) is 9.64. The van der Waals surface area contributed by atoms with E-state index in [1.54, 1.807) is 19.1 Å². The van der Waals surface area contributed by atoms with Crippen LogP contribution < -0.4 is 0 Å². The van der Waals surface area contributed by atoms with Crippen LogP contribution in [0, 0.1) is 18.6 Å². The summed E-state index contributed by atoms with van der Waals surface area (Å²) in [6.45, 7) is 3.51. The van der Waals surface area contributed by atoms with Gasteiger partial charge in [-0.25, -0.2) is 13.8 Å². The summed E-state index contributed by atoms with van der Waals surface area (Å²) in [6.07, 6.45) is 0. The topological polar surface area (TPSA) is 38.1 Å². The number of halogens is 2. The fraction of sp³-hybridized carbons (Fsp3) is 0.167. The fourth-order valence-electron chi connectivity index (χ4n) is 3.72. The lowest BCUT2D eigenvalue weighted by Crippen LogP contribution is -2.30. The van der Waals surface area contributed by atoms with Crippen LogP contribution in [0.25, 0.3) is 16.7 Å². The molecule has 0 saturated carbocycles. The van der Waals surface area contributed by atoms with Crippen molar-refractivity contribution in [3.05, 3.63) is 95.3 Å². The summed E-state index contributed by atoms with van der Waals surface area (Å²) in [7, 11) is 1.54. The van der Waals surface area contributed by atoms with Crippen LogP contribution in [-0.2, 0) is 0 Å². The largest absolute Gasteiger partial charge is 0.335 e. The monoisotopic (exact) mass is 405 g/mol. The molecular weight excluding hydrogens is 384 g/mol. The Kier molecular flexibility index (Phi) is 5.08. The maximum Gasteiger partial charge on any atom is 0.254 e. The molecule has 1 heterocycles. The zero-order valence-corrected chi connectivity index (χ0v) is 16.9. The smallest absolute Gasteiger partial charge is 0.254 e. The van der Waals surface area contributed by atoms with Crippen LogP contribution in [0.2, 0.25) is 0 Å². The van der Waals surface area contributed by atoms with Gasteiger partial charge in [0.15, 0.2) is 0 Å². The van der Waals surface area contributed by atoms with Gasteiger partial charge in [0, 0.05) is 23.9 Å². The predicted molar refractivity (Wildman–Crippen MR) is 113 cm³/mol. The van der Waals surface area contributed by atoms with Gasteiger partial charge in [-0.05, 0) is 56.3 Å². The van der Waals surface area contributed by atoms with Crippen LogP contribution >= 0.6 is 0 Å². The summed E-state index contributed by atoms with van der Waals surface area (Å²) < 4.78 is 30.3. The maximum absolute atomic E-state index is 14.2. The summed E-state index contributed by atoms with van der Waals surface area (Å²) in [5.74, 6) is -0.875. The van der Waals surface area contributed by atoms with Gasteiger partial charge in [0.05, 0.1) is 17.1 Å². The zero-order chi connectivity index (χ0) is 21.4. The number of benzene rings is 3. The van der Waals surface area contributed by atoms with Gasteiger partial charge in [-0.1, -0.05) is 24.3 Å². The molecule has 0 fully saturated rings. The van der Waals surface area contributed by atoms with Crippen molar-refractivity contribution in [3.8, 4) is 5.69 Å². The van der Waals surface area contributed by atoms with Gasteiger partial charge in [-0.15, -0.1) is 0 Å². The van der Waals surface area contributed by atoms with E-state index in [0.29, 0.717) is 11.1 Å². The highest BCUT2D eigenvalue weighted by molar-refractivity contribution is 5.97. The third-order valence-corrected chi connectivity index (χ3v) is 5.40. The number of para-hydroxylation sites is 1. The number of carbonyl (C=O) groups is 1. The van der Waals surface area contributed by atoms with Crippen molar-refractivity contribution in [3.63, 3.8) is 0 Å². The molecule has 0 spiro atoms. The van der Waals surface area contributed by atoms with Gasteiger partial charge in [0.25, 0.3) is 5.91 Å². The molecule has 4 rings (SSSR count). The normalized spacial score (nSPS) is 12.2. The summed E-state index contributed by atoms with van der Waals surface area (Å²) in [6, 6.07) is 18.0. The molecule has 6 heteroatoms. The van der Waals surface area contributed by atoms with Crippen LogP contribution in [-0.4, -0.2) is 27.4 Å². The third kappa shape index (κ3) is 3.34. The number of fused-ring (bicyclic) bond motifs is 1. The molecule has 0 aliphatic rings. The first-order valence-electron chi connectivity index (χ1n) is 9.64. The Labute approximate surface area is 173 Å². The molecule has 4 aromatic rings. The molecule has 3 aromatic carbocycles. The Balaban J connectivity index is 1.69. The number of aryl methyl sites for hydroxylation is 1. The molecule has 30 heavy (non-hydrogen) atoms. The van der Waals surface area contributed by atoms with Crippen LogP contribution in [0.5, 0.6) is 0 Å². The quantitative estimate of drug-likeness (QED) is 0.453. The first-order chi connectivity index (χ1) is 14.4. The Hall–Kier alpha value is -3.54. The van der Waals surface area contributed by atoms with E-state index < -0.39 is 17.7 Å². The predicted octanol–water partition coefficient (Wildman–Crippen LogP) is 5.45. The number of carbonyl (C=O) groups excluding carboxylic acids is 1. The van der Waals surface area contributed by atoms with Crippen LogP contribution in [0.1, 0.15) is 34.7 Å². The Morgan fingerprint density at radius 3 is 2.33 bits per heavy atom. The minimum atomic E-state index is -0.766. The highest BCUT2D eigenvalue weighted by atomic mass is 19.1. The van der Waals surface area contributed by atoms with Gasteiger partial charge in [0.1, 0.15) is 17.5 Å². The van der Waals surface area contributed by atoms with Gasteiger partial charge < -0.3 is 4.90 Å². The summed E-state index contributed by atoms with van der Waals surface area (Å²) in [4.78, 5) is 19.0.